The van der Waals surface area contributed by atoms with Crippen LogP contribution in [0.4, 0.5) is 5.95 Å². The average Bonchev–Trinajstić information content (AvgIpc) is 2.65. The first-order valence-corrected chi connectivity index (χ1v) is 4.59. The van der Waals surface area contributed by atoms with Gasteiger partial charge in [0.1, 0.15) is 0 Å². The Balaban J connectivity index is 2.10. The molecule has 0 saturated carbocycles. The molecular weight excluding hydrogens is 161 g/mol. The van der Waals surface area contributed by atoms with E-state index in [1.54, 1.807) is 0 Å². The lowest BCUT2D eigenvalue weighted by atomic mass is 9.58. The van der Waals surface area contributed by atoms with E-state index < -0.39 is 0 Å². The van der Waals surface area contributed by atoms with Crippen molar-refractivity contribution in [2.75, 3.05) is 11.4 Å². The quantitative estimate of drug-likeness (QED) is 0.547. The van der Waals surface area contributed by atoms with Gasteiger partial charge in [0, 0.05) is 25.1 Å². The number of rotatable bonds is 0. The number of hydrogen-bond donors (Lipinski definition) is 0. The van der Waals surface area contributed by atoms with Crippen LogP contribution in [-0.2, 0) is 0 Å². The molecule has 0 radical (unpaired) electrons. The summed E-state index contributed by atoms with van der Waals surface area (Å²) in [5, 5.41) is 0. The van der Waals surface area contributed by atoms with Crippen LogP contribution in [-0.4, -0.2) is 22.9 Å². The number of nitrogens with zero attached hydrogens (tertiary/aromatic N) is 3. The van der Waals surface area contributed by atoms with E-state index in [9.17, 15) is 0 Å². The van der Waals surface area contributed by atoms with Crippen LogP contribution < -0.4 is 4.81 Å². The molecule has 3 rings (SSSR count). The summed E-state index contributed by atoms with van der Waals surface area (Å²) in [5.74, 6) is 5.50. The maximum absolute atomic E-state index is 4.34. The summed E-state index contributed by atoms with van der Waals surface area (Å²) in [5.41, 5.74) is 0. The molecule has 4 heteroatoms. The first-order valence-electron chi connectivity index (χ1n) is 4.59. The van der Waals surface area contributed by atoms with E-state index >= 15 is 0 Å². The van der Waals surface area contributed by atoms with E-state index in [4.69, 9.17) is 0 Å². The molecule has 0 unspecified atom stereocenters. The van der Waals surface area contributed by atoms with E-state index in [-0.39, 0.29) is 0 Å². The lowest BCUT2D eigenvalue weighted by molar-refractivity contribution is 0.905. The predicted molar refractivity (Wildman–Crippen MR) is 54.4 cm³/mol. The molecule has 0 saturated heterocycles. The van der Waals surface area contributed by atoms with Crippen molar-refractivity contribution < 1.29 is 0 Å². The van der Waals surface area contributed by atoms with Gasteiger partial charge in [-0.1, -0.05) is 18.0 Å². The predicted octanol–water partition coefficient (Wildman–Crippen LogP) is 1.20. The van der Waals surface area contributed by atoms with Crippen molar-refractivity contribution >= 4 is 19.0 Å². The van der Waals surface area contributed by atoms with E-state index in [1.807, 2.05) is 12.4 Å². The Kier molecular flexibility index (Phi) is 1.36. The maximum Gasteiger partial charge on any atom is 0.312 e. The number of fused-ring (bicyclic) bond motifs is 3. The summed E-state index contributed by atoms with van der Waals surface area (Å²) in [4.78, 5) is 6.66. The highest BCUT2D eigenvalue weighted by atomic mass is 15.3. The molecule has 2 aliphatic rings. The highest BCUT2D eigenvalue weighted by molar-refractivity contribution is 6.74. The monoisotopic (exact) mass is 171 g/mol. The minimum Gasteiger partial charge on any atom is -0.377 e. The molecule has 3 nitrogen and oxygen atoms in total. The van der Waals surface area contributed by atoms with Crippen LogP contribution in [0.25, 0.3) is 6.20 Å². The summed E-state index contributed by atoms with van der Waals surface area (Å²) in [6.45, 7) is 1.49. The molecule has 13 heavy (non-hydrogen) atoms. The van der Waals surface area contributed by atoms with Gasteiger partial charge in [0.2, 0.25) is 0 Å². The van der Waals surface area contributed by atoms with Crippen LogP contribution in [0.5, 0.6) is 0 Å². The standard InChI is InChI=1S/C9H10BN3/c1-2-6-13-9-11-5-8-12(9)7-4-10(13)3-1/h1,3-5,7-8H,2,6H2. The molecule has 0 atom stereocenters. The van der Waals surface area contributed by atoms with Crippen molar-refractivity contribution in [1.29, 1.82) is 0 Å². The molecule has 0 N–H and O–H groups in total. The molecule has 1 aromatic rings. The Bertz CT molecular complexity index is 380. The topological polar surface area (TPSA) is 21.1 Å². The van der Waals surface area contributed by atoms with Gasteiger partial charge in [-0.3, -0.25) is 4.57 Å². The molecular formula is C9H10BN3. The highest BCUT2D eigenvalue weighted by Crippen LogP contribution is 2.22. The van der Waals surface area contributed by atoms with Crippen molar-refractivity contribution in [1.82, 2.24) is 9.55 Å². The molecule has 3 heterocycles. The second-order valence-corrected chi connectivity index (χ2v) is 3.38. The lowest BCUT2D eigenvalue weighted by Crippen LogP contribution is -2.43. The van der Waals surface area contributed by atoms with Crippen LogP contribution in [0.3, 0.4) is 0 Å². The Hall–Kier alpha value is -1.45. The molecule has 0 aromatic carbocycles. The Labute approximate surface area is 77.5 Å². The third-order valence-electron chi connectivity index (χ3n) is 2.58. The van der Waals surface area contributed by atoms with Crippen LogP contribution in [0.15, 0.2) is 30.4 Å². The van der Waals surface area contributed by atoms with Gasteiger partial charge in [-0.2, -0.15) is 0 Å². The van der Waals surface area contributed by atoms with Crippen LogP contribution in [0.1, 0.15) is 6.42 Å². The fraction of sp³-hybridized carbons (Fsp3) is 0.222. The van der Waals surface area contributed by atoms with Gasteiger partial charge in [-0.05, 0) is 6.42 Å². The highest BCUT2D eigenvalue weighted by Gasteiger charge is 2.26. The van der Waals surface area contributed by atoms with Gasteiger partial charge in [-0.25, -0.2) is 4.98 Å². The van der Waals surface area contributed by atoms with Gasteiger partial charge >= 0.3 is 6.85 Å². The second kappa shape index (κ2) is 2.52. The van der Waals surface area contributed by atoms with E-state index in [2.05, 4.69) is 38.6 Å². The first-order chi connectivity index (χ1) is 6.45. The average molecular weight is 171 g/mol. The van der Waals surface area contributed by atoms with Crippen molar-refractivity contribution in [3.63, 3.8) is 0 Å². The Morgan fingerprint density at radius 1 is 1.38 bits per heavy atom. The van der Waals surface area contributed by atoms with E-state index in [0.717, 1.165) is 18.9 Å². The van der Waals surface area contributed by atoms with Gasteiger partial charge < -0.3 is 4.81 Å². The molecule has 0 amide bonds. The third kappa shape index (κ3) is 0.947. The molecule has 1 aromatic heterocycles. The van der Waals surface area contributed by atoms with Gasteiger partial charge in [-0.15, -0.1) is 0 Å². The fourth-order valence-electron chi connectivity index (χ4n) is 1.93. The van der Waals surface area contributed by atoms with Crippen LogP contribution in [0.2, 0.25) is 0 Å². The van der Waals surface area contributed by atoms with E-state index in [1.165, 1.54) is 0 Å². The summed E-state index contributed by atoms with van der Waals surface area (Å²) >= 11 is 0. The van der Waals surface area contributed by atoms with Crippen molar-refractivity contribution in [2.24, 2.45) is 0 Å². The number of aromatic nitrogens is 2. The lowest BCUT2D eigenvalue weighted by Gasteiger charge is -2.31. The van der Waals surface area contributed by atoms with Crippen molar-refractivity contribution in [3.05, 3.63) is 30.4 Å². The Morgan fingerprint density at radius 3 is 3.38 bits per heavy atom. The second-order valence-electron chi connectivity index (χ2n) is 3.38. The number of hydrogen-bond acceptors (Lipinski definition) is 2. The molecule has 64 valence electrons. The SMILES string of the molecule is C1=CB2C=Cn3ccnc3N2CC1. The summed E-state index contributed by atoms with van der Waals surface area (Å²) in [7, 11) is 0. The minimum atomic E-state index is 0.420. The normalized spacial score (nSPS) is 18.8. The smallest absolute Gasteiger partial charge is 0.312 e. The van der Waals surface area contributed by atoms with E-state index in [0.29, 0.717) is 6.85 Å². The molecule has 0 bridgehead atoms. The van der Waals surface area contributed by atoms with Gasteiger partial charge in [0.05, 0.1) is 0 Å². The van der Waals surface area contributed by atoms with Crippen LogP contribution in [0, 0.1) is 0 Å². The molecule has 0 spiro atoms. The zero-order valence-corrected chi connectivity index (χ0v) is 7.30. The summed E-state index contributed by atoms with van der Waals surface area (Å²) in [6.07, 6.45) is 9.28. The molecule has 0 fully saturated rings. The van der Waals surface area contributed by atoms with Gasteiger partial charge in [0.25, 0.3) is 0 Å². The third-order valence-corrected chi connectivity index (χ3v) is 2.58. The fourth-order valence-corrected chi connectivity index (χ4v) is 1.93. The zero-order valence-electron chi connectivity index (χ0n) is 7.30. The molecule has 0 aliphatic carbocycles. The zero-order chi connectivity index (χ0) is 8.67. The first kappa shape index (κ1) is 7.01. The number of imidazole rings is 1. The maximum atomic E-state index is 4.34. The van der Waals surface area contributed by atoms with Crippen molar-refractivity contribution in [3.8, 4) is 0 Å². The van der Waals surface area contributed by atoms with Crippen molar-refractivity contribution in [2.45, 2.75) is 6.42 Å². The van der Waals surface area contributed by atoms with Crippen LogP contribution >= 0.6 is 0 Å². The van der Waals surface area contributed by atoms with Gasteiger partial charge in [0.15, 0.2) is 5.95 Å². The minimum absolute atomic E-state index is 0.420. The molecule has 2 aliphatic heterocycles. The summed E-state index contributed by atoms with van der Waals surface area (Å²) < 4.78 is 2.07. The number of anilines is 1. The Morgan fingerprint density at radius 2 is 2.38 bits per heavy atom. The summed E-state index contributed by atoms with van der Waals surface area (Å²) in [6, 6.07) is 0. The largest absolute Gasteiger partial charge is 0.377 e.